The van der Waals surface area contributed by atoms with Crippen LogP contribution >= 0.6 is 0 Å². The van der Waals surface area contributed by atoms with Crippen LogP contribution in [0.1, 0.15) is 5.56 Å². The number of carbonyl (C=O) groups excluding carboxylic acids is 1. The van der Waals surface area contributed by atoms with E-state index in [1.165, 1.54) is 24.3 Å². The van der Waals surface area contributed by atoms with Crippen LogP contribution in [0.2, 0.25) is 0 Å². The lowest BCUT2D eigenvalue weighted by Gasteiger charge is -2.09. The van der Waals surface area contributed by atoms with Crippen molar-refractivity contribution in [2.75, 3.05) is 17.6 Å². The molecule has 0 atom stereocenters. The fourth-order valence-electron chi connectivity index (χ4n) is 1.28. The molecule has 0 radical (unpaired) electrons. The highest BCUT2D eigenvalue weighted by Crippen LogP contribution is 2.14. The topological polar surface area (TPSA) is 84.5 Å². The number of amides is 1. The zero-order valence-corrected chi connectivity index (χ0v) is 11.7. The molecule has 0 bridgehead atoms. The van der Waals surface area contributed by atoms with Crippen LogP contribution in [-0.4, -0.2) is 33.5 Å². The van der Waals surface area contributed by atoms with Crippen molar-refractivity contribution >= 4 is 21.8 Å². The molecule has 0 aliphatic rings. The summed E-state index contributed by atoms with van der Waals surface area (Å²) < 4.78 is 63.5. The molecule has 0 fully saturated rings. The molecule has 6 nitrogen and oxygen atoms in total. The molecule has 21 heavy (non-hydrogen) atoms. The molecule has 0 saturated heterocycles. The first kappa shape index (κ1) is 17.1. The quantitative estimate of drug-likeness (QED) is 0.865. The van der Waals surface area contributed by atoms with Gasteiger partial charge in [-0.2, -0.15) is 13.2 Å². The molecule has 1 aromatic rings. The maximum atomic E-state index is 11.8. The van der Waals surface area contributed by atoms with Crippen molar-refractivity contribution in [3.8, 4) is 0 Å². The molecule has 0 heterocycles. The van der Waals surface area contributed by atoms with Gasteiger partial charge in [0.1, 0.15) is 0 Å². The van der Waals surface area contributed by atoms with Crippen molar-refractivity contribution in [2.45, 2.75) is 12.7 Å². The second-order valence-electron chi connectivity index (χ2n) is 4.12. The second kappa shape index (κ2) is 6.66. The molecule has 1 aromatic carbocycles. The minimum Gasteiger partial charge on any atom is -0.440 e. The summed E-state index contributed by atoms with van der Waals surface area (Å²) in [6, 6.07) is 5.94. The maximum Gasteiger partial charge on any atom is 0.422 e. The number of alkyl carbamates (subject to hydrolysis) is 1. The lowest BCUT2D eigenvalue weighted by Crippen LogP contribution is -2.28. The van der Waals surface area contributed by atoms with Gasteiger partial charge in [-0.3, -0.25) is 4.72 Å². The Morgan fingerprint density at radius 3 is 2.29 bits per heavy atom. The highest BCUT2D eigenvalue weighted by atomic mass is 32.2. The third-order valence-electron chi connectivity index (χ3n) is 2.06. The van der Waals surface area contributed by atoms with Crippen LogP contribution in [0.3, 0.4) is 0 Å². The van der Waals surface area contributed by atoms with Crippen LogP contribution in [0.25, 0.3) is 0 Å². The number of alkyl halides is 3. The van der Waals surface area contributed by atoms with E-state index in [2.05, 4.69) is 14.8 Å². The van der Waals surface area contributed by atoms with Gasteiger partial charge >= 0.3 is 12.3 Å². The average molecular weight is 326 g/mol. The minimum absolute atomic E-state index is 0.0458. The summed E-state index contributed by atoms with van der Waals surface area (Å²) in [5.74, 6) is 0. The zero-order chi connectivity index (χ0) is 16.1. The van der Waals surface area contributed by atoms with Gasteiger partial charge in [0.15, 0.2) is 6.61 Å². The molecule has 0 aromatic heterocycles. The fraction of sp³-hybridized carbons (Fsp3) is 0.364. The summed E-state index contributed by atoms with van der Waals surface area (Å²) in [6.45, 7) is -1.70. The third-order valence-corrected chi connectivity index (χ3v) is 2.67. The second-order valence-corrected chi connectivity index (χ2v) is 5.86. The Kier molecular flexibility index (Phi) is 5.41. The molecule has 0 saturated carbocycles. The number of rotatable bonds is 5. The standard InChI is InChI=1S/C11H13F3N2O4S/c1-21(18,19)16-9-4-2-8(3-5-9)6-15-10(17)20-7-11(12,13)14/h2-5,16H,6-7H2,1H3,(H,15,17). The number of hydrogen-bond acceptors (Lipinski definition) is 4. The number of hydrogen-bond donors (Lipinski definition) is 2. The third kappa shape index (κ3) is 8.02. The van der Waals surface area contributed by atoms with Gasteiger partial charge in [-0.05, 0) is 17.7 Å². The average Bonchev–Trinajstić information content (AvgIpc) is 2.33. The molecule has 1 amide bonds. The normalized spacial score (nSPS) is 11.8. The molecule has 0 unspecified atom stereocenters. The highest BCUT2D eigenvalue weighted by molar-refractivity contribution is 7.92. The van der Waals surface area contributed by atoms with Gasteiger partial charge in [0.2, 0.25) is 10.0 Å². The van der Waals surface area contributed by atoms with Crippen molar-refractivity contribution in [1.29, 1.82) is 0 Å². The van der Waals surface area contributed by atoms with Crippen molar-refractivity contribution in [3.05, 3.63) is 29.8 Å². The predicted octanol–water partition coefficient (Wildman–Crippen LogP) is 1.85. The van der Waals surface area contributed by atoms with Crippen molar-refractivity contribution in [1.82, 2.24) is 5.32 Å². The van der Waals surface area contributed by atoms with Gasteiger partial charge in [-0.25, -0.2) is 13.2 Å². The zero-order valence-electron chi connectivity index (χ0n) is 10.9. The maximum absolute atomic E-state index is 11.8. The largest absolute Gasteiger partial charge is 0.440 e. The van der Waals surface area contributed by atoms with E-state index in [4.69, 9.17) is 0 Å². The van der Waals surface area contributed by atoms with E-state index in [1.54, 1.807) is 0 Å². The van der Waals surface area contributed by atoms with Crippen molar-refractivity contribution < 1.29 is 31.1 Å². The Balaban J connectivity index is 2.44. The SMILES string of the molecule is CS(=O)(=O)Nc1ccc(CNC(=O)OCC(F)(F)F)cc1. The van der Waals surface area contributed by atoms with Gasteiger partial charge in [0, 0.05) is 12.2 Å². The number of sulfonamides is 1. The Morgan fingerprint density at radius 1 is 1.24 bits per heavy atom. The van der Waals surface area contributed by atoms with Crippen LogP contribution in [0.4, 0.5) is 23.7 Å². The van der Waals surface area contributed by atoms with E-state index in [1.807, 2.05) is 0 Å². The molecule has 2 N–H and O–H groups in total. The Morgan fingerprint density at radius 2 is 1.81 bits per heavy atom. The van der Waals surface area contributed by atoms with Crippen LogP contribution in [0.15, 0.2) is 24.3 Å². The Labute approximate surface area is 119 Å². The summed E-state index contributed by atoms with van der Waals surface area (Å²) >= 11 is 0. The van der Waals surface area contributed by atoms with Gasteiger partial charge < -0.3 is 10.1 Å². The fourth-order valence-corrected chi connectivity index (χ4v) is 1.84. The number of halogens is 3. The monoisotopic (exact) mass is 326 g/mol. The number of carbonyl (C=O) groups is 1. The first-order valence-corrected chi connectivity index (χ1v) is 7.48. The van der Waals surface area contributed by atoms with E-state index in [0.717, 1.165) is 6.26 Å². The Hall–Kier alpha value is -1.97. The van der Waals surface area contributed by atoms with Crippen LogP contribution < -0.4 is 10.0 Å². The molecule has 0 aliphatic carbocycles. The number of nitrogens with one attached hydrogen (secondary N) is 2. The van der Waals surface area contributed by atoms with E-state index in [9.17, 15) is 26.4 Å². The van der Waals surface area contributed by atoms with Gasteiger partial charge in [-0.15, -0.1) is 0 Å². The summed E-state index contributed by atoms with van der Waals surface area (Å²) in [4.78, 5) is 11.0. The van der Waals surface area contributed by atoms with Crippen LogP contribution in [0.5, 0.6) is 0 Å². The van der Waals surface area contributed by atoms with E-state index in [-0.39, 0.29) is 6.54 Å². The van der Waals surface area contributed by atoms with Crippen molar-refractivity contribution in [2.24, 2.45) is 0 Å². The first-order chi connectivity index (χ1) is 9.55. The number of anilines is 1. The van der Waals surface area contributed by atoms with Gasteiger partial charge in [-0.1, -0.05) is 12.1 Å². The van der Waals surface area contributed by atoms with E-state index in [0.29, 0.717) is 11.3 Å². The predicted molar refractivity (Wildman–Crippen MR) is 69.2 cm³/mol. The molecular weight excluding hydrogens is 313 g/mol. The molecule has 118 valence electrons. The minimum atomic E-state index is -4.57. The number of ether oxygens (including phenoxy) is 1. The molecular formula is C11H13F3N2O4S. The highest BCUT2D eigenvalue weighted by Gasteiger charge is 2.29. The summed E-state index contributed by atoms with van der Waals surface area (Å²) in [7, 11) is -3.38. The number of benzene rings is 1. The van der Waals surface area contributed by atoms with Crippen LogP contribution in [-0.2, 0) is 21.3 Å². The lowest BCUT2D eigenvalue weighted by atomic mass is 10.2. The Bertz CT molecular complexity index is 584. The van der Waals surface area contributed by atoms with E-state index >= 15 is 0 Å². The molecule has 0 spiro atoms. The summed E-state index contributed by atoms with van der Waals surface area (Å²) in [5, 5.41) is 2.14. The smallest absolute Gasteiger partial charge is 0.422 e. The lowest BCUT2D eigenvalue weighted by molar-refractivity contribution is -0.160. The summed E-state index contributed by atoms with van der Waals surface area (Å²) in [6.07, 6.45) is -4.76. The van der Waals surface area contributed by atoms with E-state index < -0.39 is 28.9 Å². The molecule has 10 heteroatoms. The van der Waals surface area contributed by atoms with Gasteiger partial charge in [0.25, 0.3) is 0 Å². The van der Waals surface area contributed by atoms with Crippen LogP contribution in [0, 0.1) is 0 Å². The van der Waals surface area contributed by atoms with Gasteiger partial charge in [0.05, 0.1) is 6.26 Å². The molecule has 1 rings (SSSR count). The first-order valence-electron chi connectivity index (χ1n) is 5.59. The van der Waals surface area contributed by atoms with Crippen molar-refractivity contribution in [3.63, 3.8) is 0 Å². The summed E-state index contributed by atoms with van der Waals surface area (Å²) in [5.41, 5.74) is 0.902. The molecule has 0 aliphatic heterocycles.